The minimum atomic E-state index is -0.435. The zero-order chi connectivity index (χ0) is 23.2. The number of carbonyl (C=O) groups excluding carboxylic acids is 1. The SMILES string of the molecule is CCOc1cc(/C=N/NC(=O)c2c[nH]c3ccccc23)ccc1OCc1c(F)cccc1Cl. The molecule has 0 aliphatic heterocycles. The first-order valence-corrected chi connectivity index (χ1v) is 10.7. The molecule has 4 rings (SSSR count). The second-order valence-electron chi connectivity index (χ2n) is 7.08. The smallest absolute Gasteiger partial charge is 0.273 e. The van der Waals surface area contributed by atoms with Crippen LogP contribution < -0.4 is 14.9 Å². The van der Waals surface area contributed by atoms with Crippen molar-refractivity contribution in [1.82, 2.24) is 10.4 Å². The Labute approximate surface area is 195 Å². The lowest BCUT2D eigenvalue weighted by Crippen LogP contribution is -2.17. The van der Waals surface area contributed by atoms with Gasteiger partial charge < -0.3 is 14.5 Å². The number of hydrogen-bond donors (Lipinski definition) is 2. The molecule has 0 spiro atoms. The molecule has 0 atom stereocenters. The van der Waals surface area contributed by atoms with Crippen molar-refractivity contribution in [3.05, 3.63) is 94.4 Å². The van der Waals surface area contributed by atoms with Crippen LogP contribution in [0.25, 0.3) is 10.9 Å². The van der Waals surface area contributed by atoms with Crippen molar-refractivity contribution in [1.29, 1.82) is 0 Å². The second-order valence-corrected chi connectivity index (χ2v) is 7.48. The first-order chi connectivity index (χ1) is 16.1. The summed E-state index contributed by atoms with van der Waals surface area (Å²) < 4.78 is 25.4. The number of fused-ring (bicyclic) bond motifs is 1. The summed E-state index contributed by atoms with van der Waals surface area (Å²) >= 11 is 6.07. The zero-order valence-electron chi connectivity index (χ0n) is 17.8. The molecule has 33 heavy (non-hydrogen) atoms. The van der Waals surface area contributed by atoms with Crippen LogP contribution in [0.1, 0.15) is 28.4 Å². The number of hydrazone groups is 1. The molecule has 6 nitrogen and oxygen atoms in total. The predicted molar refractivity (Wildman–Crippen MR) is 127 cm³/mol. The van der Waals surface area contributed by atoms with Gasteiger partial charge in [0.15, 0.2) is 11.5 Å². The Morgan fingerprint density at radius 2 is 1.97 bits per heavy atom. The Hall–Kier alpha value is -3.84. The van der Waals surface area contributed by atoms with Gasteiger partial charge in [-0.1, -0.05) is 35.9 Å². The fourth-order valence-electron chi connectivity index (χ4n) is 3.30. The third-order valence-corrected chi connectivity index (χ3v) is 5.27. The molecule has 1 amide bonds. The van der Waals surface area contributed by atoms with Crippen LogP contribution in [-0.2, 0) is 6.61 Å². The predicted octanol–water partition coefficient (Wildman–Crippen LogP) is 5.70. The average Bonchev–Trinajstić information content (AvgIpc) is 3.24. The summed E-state index contributed by atoms with van der Waals surface area (Å²) in [5.41, 5.74) is 4.88. The van der Waals surface area contributed by atoms with E-state index in [2.05, 4.69) is 15.5 Å². The van der Waals surface area contributed by atoms with E-state index in [0.717, 1.165) is 10.9 Å². The van der Waals surface area contributed by atoms with E-state index in [9.17, 15) is 9.18 Å². The van der Waals surface area contributed by atoms with Gasteiger partial charge in [0.1, 0.15) is 12.4 Å². The molecule has 0 saturated carbocycles. The molecular weight excluding hydrogens is 445 g/mol. The Morgan fingerprint density at radius 3 is 2.79 bits per heavy atom. The third kappa shape index (κ3) is 5.15. The topological polar surface area (TPSA) is 75.7 Å². The molecule has 168 valence electrons. The Bertz CT molecular complexity index is 1300. The van der Waals surface area contributed by atoms with Crippen LogP contribution in [0.4, 0.5) is 4.39 Å². The zero-order valence-corrected chi connectivity index (χ0v) is 18.5. The van der Waals surface area contributed by atoms with E-state index >= 15 is 0 Å². The lowest BCUT2D eigenvalue weighted by molar-refractivity contribution is 0.0957. The van der Waals surface area contributed by atoms with Gasteiger partial charge in [-0.3, -0.25) is 4.79 Å². The van der Waals surface area contributed by atoms with Gasteiger partial charge in [-0.15, -0.1) is 0 Å². The number of amides is 1. The van der Waals surface area contributed by atoms with E-state index in [-0.39, 0.29) is 18.1 Å². The second kappa shape index (κ2) is 10.2. The van der Waals surface area contributed by atoms with Crippen molar-refractivity contribution < 1.29 is 18.7 Å². The van der Waals surface area contributed by atoms with Gasteiger partial charge in [-0.05, 0) is 48.9 Å². The molecular formula is C25H21ClFN3O3. The van der Waals surface area contributed by atoms with E-state index in [1.165, 1.54) is 18.3 Å². The fraction of sp³-hybridized carbons (Fsp3) is 0.120. The summed E-state index contributed by atoms with van der Waals surface area (Å²) in [7, 11) is 0. The third-order valence-electron chi connectivity index (χ3n) is 4.91. The normalized spacial score (nSPS) is 11.1. The molecule has 0 unspecified atom stereocenters. The Morgan fingerprint density at radius 1 is 1.12 bits per heavy atom. The van der Waals surface area contributed by atoms with Crippen LogP contribution in [0.15, 0.2) is 72.0 Å². The number of rotatable bonds is 8. The lowest BCUT2D eigenvalue weighted by atomic mass is 10.2. The molecule has 1 aromatic heterocycles. The Kier molecular flexibility index (Phi) is 6.90. The quantitative estimate of drug-likeness (QED) is 0.259. The van der Waals surface area contributed by atoms with E-state index in [1.54, 1.807) is 30.5 Å². The largest absolute Gasteiger partial charge is 0.490 e. The van der Waals surface area contributed by atoms with E-state index in [4.69, 9.17) is 21.1 Å². The van der Waals surface area contributed by atoms with Gasteiger partial charge in [0.25, 0.3) is 5.91 Å². The molecule has 0 saturated heterocycles. The number of benzene rings is 3. The van der Waals surface area contributed by atoms with Crippen molar-refractivity contribution in [2.75, 3.05) is 6.61 Å². The molecule has 0 aliphatic carbocycles. The average molecular weight is 466 g/mol. The van der Waals surface area contributed by atoms with Gasteiger partial charge >= 0.3 is 0 Å². The highest BCUT2D eigenvalue weighted by Crippen LogP contribution is 2.30. The van der Waals surface area contributed by atoms with Crippen LogP contribution in [0.3, 0.4) is 0 Å². The molecule has 8 heteroatoms. The van der Waals surface area contributed by atoms with E-state index < -0.39 is 5.82 Å². The molecule has 0 fully saturated rings. The summed E-state index contributed by atoms with van der Waals surface area (Å²) in [6.45, 7) is 2.22. The first-order valence-electron chi connectivity index (χ1n) is 10.3. The van der Waals surface area contributed by atoms with Crippen molar-refractivity contribution in [3.8, 4) is 11.5 Å². The Balaban J connectivity index is 1.45. The number of nitrogens with one attached hydrogen (secondary N) is 2. The number of halogens is 2. The van der Waals surface area contributed by atoms with Crippen LogP contribution in [-0.4, -0.2) is 23.7 Å². The number of nitrogens with zero attached hydrogens (tertiary/aromatic N) is 1. The maximum absolute atomic E-state index is 14.0. The number of aromatic nitrogens is 1. The monoisotopic (exact) mass is 465 g/mol. The number of ether oxygens (including phenoxy) is 2. The van der Waals surface area contributed by atoms with Crippen molar-refractivity contribution >= 4 is 34.6 Å². The number of hydrogen-bond acceptors (Lipinski definition) is 4. The molecule has 0 aliphatic rings. The van der Waals surface area contributed by atoms with Gasteiger partial charge in [0.05, 0.1) is 23.4 Å². The van der Waals surface area contributed by atoms with Crippen molar-refractivity contribution in [3.63, 3.8) is 0 Å². The lowest BCUT2D eigenvalue weighted by Gasteiger charge is -2.13. The fourth-order valence-corrected chi connectivity index (χ4v) is 3.52. The van der Waals surface area contributed by atoms with Crippen LogP contribution in [0.2, 0.25) is 5.02 Å². The first kappa shape index (κ1) is 22.4. The maximum atomic E-state index is 14.0. The standard InChI is InChI=1S/C25H21ClFN3O3/c1-2-32-24-12-16(10-11-23(24)33-15-19-20(26)7-5-8-21(19)27)13-29-30-25(31)18-14-28-22-9-4-3-6-17(18)22/h3-14,28H,2,15H2,1H3,(H,30,31)/b29-13+. The minimum Gasteiger partial charge on any atom is -0.490 e. The van der Waals surface area contributed by atoms with Gasteiger partial charge in [-0.2, -0.15) is 5.10 Å². The highest BCUT2D eigenvalue weighted by molar-refractivity contribution is 6.31. The molecule has 2 N–H and O–H groups in total. The molecule has 0 bridgehead atoms. The van der Waals surface area contributed by atoms with Crippen LogP contribution in [0.5, 0.6) is 11.5 Å². The van der Waals surface area contributed by atoms with E-state index in [1.807, 2.05) is 31.2 Å². The molecule has 4 aromatic rings. The summed E-state index contributed by atoms with van der Waals surface area (Å²) in [5.74, 6) is 0.152. The highest BCUT2D eigenvalue weighted by Gasteiger charge is 2.12. The number of para-hydroxylation sites is 1. The van der Waals surface area contributed by atoms with Gasteiger partial charge in [0, 0.05) is 22.7 Å². The van der Waals surface area contributed by atoms with Crippen LogP contribution in [0, 0.1) is 5.82 Å². The summed E-state index contributed by atoms with van der Waals surface area (Å²) in [4.78, 5) is 15.5. The summed E-state index contributed by atoms with van der Waals surface area (Å²) in [5, 5.41) is 5.16. The van der Waals surface area contributed by atoms with E-state index in [0.29, 0.717) is 34.3 Å². The van der Waals surface area contributed by atoms with Gasteiger partial charge in [0.2, 0.25) is 0 Å². The number of H-pyrrole nitrogens is 1. The maximum Gasteiger partial charge on any atom is 0.273 e. The van der Waals surface area contributed by atoms with Gasteiger partial charge in [-0.25, -0.2) is 9.82 Å². The summed E-state index contributed by atoms with van der Waals surface area (Å²) in [6, 6.07) is 17.2. The van der Waals surface area contributed by atoms with Crippen molar-refractivity contribution in [2.24, 2.45) is 5.10 Å². The minimum absolute atomic E-state index is 0.0420. The summed E-state index contributed by atoms with van der Waals surface area (Å²) in [6.07, 6.45) is 3.16. The number of carbonyl (C=O) groups is 1. The molecule has 0 radical (unpaired) electrons. The number of aromatic amines is 1. The van der Waals surface area contributed by atoms with Crippen molar-refractivity contribution in [2.45, 2.75) is 13.5 Å². The van der Waals surface area contributed by atoms with Crippen LogP contribution >= 0.6 is 11.6 Å². The highest BCUT2D eigenvalue weighted by atomic mass is 35.5. The molecule has 1 heterocycles. The molecule has 3 aromatic carbocycles.